The standard InChI is InChI=1S/C27H25Cl2N3O3/c1-26(2)13-22(31-25(33)27(3,4)34)20-12-18(16-6-8-17(28)9-7-16)23(32-24(20)35-26)19-11-15(14-30)5-10-21(19)29/h5-12,22,34H,13H2,1-4H3,(H,31,33). The average Bonchev–Trinajstić information content (AvgIpc) is 2.78. The van der Waals surface area contributed by atoms with Gasteiger partial charge in [0.1, 0.15) is 11.2 Å². The molecule has 8 heteroatoms. The van der Waals surface area contributed by atoms with Crippen LogP contribution in [0.1, 0.15) is 51.3 Å². The highest BCUT2D eigenvalue weighted by molar-refractivity contribution is 6.33. The molecule has 1 aliphatic rings. The Kier molecular flexibility index (Phi) is 6.54. The van der Waals surface area contributed by atoms with Crippen LogP contribution in [0.3, 0.4) is 0 Å². The van der Waals surface area contributed by atoms with Crippen LogP contribution in [0, 0.1) is 11.3 Å². The van der Waals surface area contributed by atoms with Crippen molar-refractivity contribution in [3.63, 3.8) is 0 Å². The number of fused-ring (bicyclic) bond motifs is 1. The molecule has 0 bridgehead atoms. The number of carbonyl (C=O) groups excluding carboxylic acids is 1. The van der Waals surface area contributed by atoms with Gasteiger partial charge in [-0.15, -0.1) is 0 Å². The van der Waals surface area contributed by atoms with Crippen molar-refractivity contribution in [2.75, 3.05) is 0 Å². The first-order chi connectivity index (χ1) is 16.4. The van der Waals surface area contributed by atoms with Gasteiger partial charge in [-0.05, 0) is 69.7 Å². The molecule has 1 atom stereocenters. The van der Waals surface area contributed by atoms with Crippen molar-refractivity contribution in [1.82, 2.24) is 10.3 Å². The van der Waals surface area contributed by atoms with Gasteiger partial charge in [0.2, 0.25) is 5.88 Å². The molecular weight excluding hydrogens is 485 g/mol. The van der Waals surface area contributed by atoms with Gasteiger partial charge in [-0.25, -0.2) is 4.98 Å². The molecule has 0 radical (unpaired) electrons. The lowest BCUT2D eigenvalue weighted by molar-refractivity contribution is -0.137. The van der Waals surface area contributed by atoms with Gasteiger partial charge in [-0.1, -0.05) is 35.3 Å². The molecule has 0 aliphatic carbocycles. The van der Waals surface area contributed by atoms with Crippen molar-refractivity contribution < 1.29 is 14.6 Å². The summed E-state index contributed by atoms with van der Waals surface area (Å²) in [7, 11) is 0. The van der Waals surface area contributed by atoms with E-state index in [1.54, 1.807) is 30.3 Å². The second-order valence-electron chi connectivity index (χ2n) is 9.74. The van der Waals surface area contributed by atoms with Crippen LogP contribution in [-0.4, -0.2) is 27.2 Å². The summed E-state index contributed by atoms with van der Waals surface area (Å²) in [6.45, 7) is 6.71. The number of aromatic nitrogens is 1. The van der Waals surface area contributed by atoms with Crippen LogP contribution in [0.15, 0.2) is 48.5 Å². The van der Waals surface area contributed by atoms with Gasteiger partial charge in [0.15, 0.2) is 0 Å². The summed E-state index contributed by atoms with van der Waals surface area (Å²) in [5.74, 6) is -0.138. The minimum atomic E-state index is -1.54. The second kappa shape index (κ2) is 9.16. The molecule has 4 rings (SSSR count). The highest BCUT2D eigenvalue weighted by atomic mass is 35.5. The lowest BCUT2D eigenvalue weighted by Crippen LogP contribution is -2.47. The van der Waals surface area contributed by atoms with Crippen molar-refractivity contribution in [2.45, 2.75) is 51.4 Å². The average molecular weight is 510 g/mol. The zero-order chi connectivity index (χ0) is 25.5. The Labute approximate surface area is 214 Å². The number of hydrogen-bond acceptors (Lipinski definition) is 5. The molecule has 3 aromatic rings. The molecule has 0 spiro atoms. The normalized spacial score (nSPS) is 16.6. The number of benzene rings is 2. The lowest BCUT2D eigenvalue weighted by Gasteiger charge is -2.38. The summed E-state index contributed by atoms with van der Waals surface area (Å²) < 4.78 is 6.23. The van der Waals surface area contributed by atoms with E-state index in [-0.39, 0.29) is 0 Å². The summed E-state index contributed by atoms with van der Waals surface area (Å²) in [5, 5.41) is 23.6. The largest absolute Gasteiger partial charge is 0.471 e. The van der Waals surface area contributed by atoms with Crippen LogP contribution in [0.2, 0.25) is 10.0 Å². The number of ether oxygens (including phenoxy) is 1. The van der Waals surface area contributed by atoms with Gasteiger partial charge in [-0.2, -0.15) is 5.26 Å². The number of nitriles is 1. The SMILES string of the molecule is CC1(C)CC(NC(=O)C(C)(C)O)c2cc(-c3ccc(Cl)cc3)c(-c3cc(C#N)ccc3Cl)nc2O1. The Bertz CT molecular complexity index is 1340. The van der Waals surface area contributed by atoms with Gasteiger partial charge >= 0.3 is 0 Å². The number of carbonyl (C=O) groups is 1. The molecule has 1 aromatic heterocycles. The fraction of sp³-hybridized carbons (Fsp3) is 0.296. The van der Waals surface area contributed by atoms with Crippen molar-refractivity contribution in [3.8, 4) is 34.3 Å². The molecule has 0 saturated heterocycles. The summed E-state index contributed by atoms with van der Waals surface area (Å²) in [5.41, 5.74) is 1.65. The molecule has 2 heterocycles. The third kappa shape index (κ3) is 5.28. The maximum absolute atomic E-state index is 12.7. The molecule has 0 fully saturated rings. The molecule has 0 saturated carbocycles. The number of rotatable bonds is 4. The first-order valence-corrected chi connectivity index (χ1v) is 11.9. The Hall–Kier alpha value is -3.11. The molecule has 35 heavy (non-hydrogen) atoms. The fourth-order valence-corrected chi connectivity index (χ4v) is 4.38. The number of hydrogen-bond donors (Lipinski definition) is 2. The molecule has 1 amide bonds. The Morgan fingerprint density at radius 3 is 2.49 bits per heavy atom. The Balaban J connectivity index is 1.96. The molecule has 180 valence electrons. The smallest absolute Gasteiger partial charge is 0.251 e. The molecule has 2 aromatic carbocycles. The first-order valence-electron chi connectivity index (χ1n) is 11.1. The monoisotopic (exact) mass is 509 g/mol. The van der Waals surface area contributed by atoms with Gasteiger partial charge in [0.05, 0.1) is 28.4 Å². The number of pyridine rings is 1. The van der Waals surface area contributed by atoms with Crippen LogP contribution >= 0.6 is 23.2 Å². The topological polar surface area (TPSA) is 95.2 Å². The third-order valence-electron chi connectivity index (χ3n) is 5.83. The van der Waals surface area contributed by atoms with Crippen molar-refractivity contribution in [1.29, 1.82) is 5.26 Å². The summed E-state index contributed by atoms with van der Waals surface area (Å²) in [6, 6.07) is 15.9. The van der Waals surface area contributed by atoms with E-state index in [9.17, 15) is 15.2 Å². The second-order valence-corrected chi connectivity index (χ2v) is 10.6. The van der Waals surface area contributed by atoms with E-state index in [1.807, 2.05) is 32.0 Å². The predicted molar refractivity (Wildman–Crippen MR) is 136 cm³/mol. The van der Waals surface area contributed by atoms with Crippen LogP contribution in [0.5, 0.6) is 5.88 Å². The van der Waals surface area contributed by atoms with Crippen molar-refractivity contribution in [3.05, 3.63) is 69.7 Å². The Morgan fingerprint density at radius 1 is 1.17 bits per heavy atom. The van der Waals surface area contributed by atoms with E-state index in [0.29, 0.717) is 44.7 Å². The zero-order valence-electron chi connectivity index (χ0n) is 19.8. The number of amides is 1. The van der Waals surface area contributed by atoms with Crippen LogP contribution < -0.4 is 10.1 Å². The number of nitrogens with one attached hydrogen (secondary N) is 1. The summed E-state index contributed by atoms with van der Waals surface area (Å²) in [4.78, 5) is 17.5. The Morgan fingerprint density at radius 2 is 1.86 bits per heavy atom. The number of nitrogens with zero attached hydrogens (tertiary/aromatic N) is 2. The highest BCUT2D eigenvalue weighted by Crippen LogP contribution is 2.44. The minimum Gasteiger partial charge on any atom is -0.471 e. The molecule has 2 N–H and O–H groups in total. The quantitative estimate of drug-likeness (QED) is 0.443. The van der Waals surface area contributed by atoms with E-state index in [2.05, 4.69) is 11.4 Å². The lowest BCUT2D eigenvalue weighted by atomic mass is 9.88. The van der Waals surface area contributed by atoms with Gasteiger partial charge in [0.25, 0.3) is 5.91 Å². The summed E-state index contributed by atoms with van der Waals surface area (Å²) in [6.07, 6.45) is 0.480. The maximum atomic E-state index is 12.7. The van der Waals surface area contributed by atoms with E-state index in [0.717, 1.165) is 11.1 Å². The van der Waals surface area contributed by atoms with E-state index in [4.69, 9.17) is 32.9 Å². The molecule has 6 nitrogen and oxygen atoms in total. The first kappa shape index (κ1) is 25.0. The van der Waals surface area contributed by atoms with Crippen LogP contribution in [-0.2, 0) is 4.79 Å². The number of halogens is 2. The summed E-state index contributed by atoms with van der Waals surface area (Å²) >= 11 is 12.7. The fourth-order valence-electron chi connectivity index (χ4n) is 4.04. The predicted octanol–water partition coefficient (Wildman–Crippen LogP) is 6.08. The minimum absolute atomic E-state index is 0.355. The molecular formula is C27H25Cl2N3O3. The van der Waals surface area contributed by atoms with Crippen LogP contribution in [0.25, 0.3) is 22.4 Å². The van der Waals surface area contributed by atoms with Crippen molar-refractivity contribution >= 4 is 29.1 Å². The van der Waals surface area contributed by atoms with Gasteiger partial charge < -0.3 is 15.2 Å². The zero-order valence-corrected chi connectivity index (χ0v) is 21.3. The van der Waals surface area contributed by atoms with Crippen molar-refractivity contribution in [2.24, 2.45) is 0 Å². The number of aliphatic hydroxyl groups is 1. The highest BCUT2D eigenvalue weighted by Gasteiger charge is 2.38. The third-order valence-corrected chi connectivity index (χ3v) is 6.41. The molecule has 1 unspecified atom stereocenters. The maximum Gasteiger partial charge on any atom is 0.251 e. The van der Waals surface area contributed by atoms with Crippen LogP contribution in [0.4, 0.5) is 0 Å². The van der Waals surface area contributed by atoms with E-state index >= 15 is 0 Å². The van der Waals surface area contributed by atoms with Gasteiger partial charge in [-0.3, -0.25) is 4.79 Å². The van der Waals surface area contributed by atoms with E-state index in [1.165, 1.54) is 13.8 Å². The van der Waals surface area contributed by atoms with Gasteiger partial charge in [0, 0.05) is 28.1 Å². The van der Waals surface area contributed by atoms with E-state index < -0.39 is 23.2 Å². The molecule has 1 aliphatic heterocycles.